The van der Waals surface area contributed by atoms with Gasteiger partial charge >= 0.3 is 6.03 Å². The molecular weight excluding hydrogens is 290 g/mol. The Morgan fingerprint density at radius 1 is 0.913 bits per heavy atom. The van der Waals surface area contributed by atoms with E-state index in [-0.39, 0.29) is 18.0 Å². The van der Waals surface area contributed by atoms with E-state index in [9.17, 15) is 9.59 Å². The van der Waals surface area contributed by atoms with Gasteiger partial charge in [0.1, 0.15) is 6.04 Å². The number of hydrogen-bond donors (Lipinski definition) is 0. The molecule has 2 saturated heterocycles. The predicted octanol–water partition coefficient (Wildman–Crippen LogP) is 2.47. The van der Waals surface area contributed by atoms with Crippen molar-refractivity contribution in [3.05, 3.63) is 30.3 Å². The summed E-state index contributed by atoms with van der Waals surface area (Å²) in [6.45, 7) is 2.38. The van der Waals surface area contributed by atoms with Gasteiger partial charge in [-0.3, -0.25) is 9.69 Å². The molecule has 3 fully saturated rings. The van der Waals surface area contributed by atoms with Gasteiger partial charge < -0.3 is 4.90 Å². The third-order valence-corrected chi connectivity index (χ3v) is 5.43. The third kappa shape index (κ3) is 2.53. The van der Waals surface area contributed by atoms with Gasteiger partial charge in [0.15, 0.2) is 0 Å². The molecule has 2 aliphatic heterocycles. The number of fused-ring (bicyclic) bond motifs is 1. The van der Waals surface area contributed by atoms with Crippen LogP contribution in [0.3, 0.4) is 0 Å². The summed E-state index contributed by atoms with van der Waals surface area (Å²) >= 11 is 0. The number of carbonyl (C=O) groups is 2. The molecule has 5 nitrogen and oxygen atoms in total. The number of benzene rings is 1. The van der Waals surface area contributed by atoms with Crippen LogP contribution in [0, 0.1) is 0 Å². The summed E-state index contributed by atoms with van der Waals surface area (Å²) in [5, 5.41) is 0. The maximum absolute atomic E-state index is 12.9. The monoisotopic (exact) mass is 313 g/mol. The largest absolute Gasteiger partial charge is 0.332 e. The molecule has 1 saturated carbocycles. The summed E-state index contributed by atoms with van der Waals surface area (Å²) in [4.78, 5) is 31.2. The number of hydrogen-bond acceptors (Lipinski definition) is 3. The van der Waals surface area contributed by atoms with Crippen molar-refractivity contribution in [2.75, 3.05) is 24.5 Å². The molecule has 0 aromatic heterocycles. The highest BCUT2D eigenvalue weighted by molar-refractivity contribution is 6.21. The molecule has 0 N–H and O–H groups in total. The summed E-state index contributed by atoms with van der Waals surface area (Å²) in [5.74, 6) is -0.0638. The van der Waals surface area contributed by atoms with Gasteiger partial charge in [-0.25, -0.2) is 9.69 Å². The molecule has 122 valence electrons. The molecule has 2 heterocycles. The normalized spacial score (nSPS) is 26.7. The topological polar surface area (TPSA) is 43.9 Å². The van der Waals surface area contributed by atoms with Crippen molar-refractivity contribution in [1.29, 1.82) is 0 Å². The van der Waals surface area contributed by atoms with Gasteiger partial charge in [-0.1, -0.05) is 31.0 Å². The molecule has 0 radical (unpaired) electrons. The van der Waals surface area contributed by atoms with Crippen LogP contribution in [0.15, 0.2) is 30.3 Å². The molecule has 0 spiro atoms. The maximum atomic E-state index is 12.9. The minimum atomic E-state index is -0.314. The lowest BCUT2D eigenvalue weighted by molar-refractivity contribution is -0.120. The summed E-state index contributed by atoms with van der Waals surface area (Å²) in [7, 11) is 0. The number of para-hydroxylation sites is 1. The fourth-order valence-electron chi connectivity index (χ4n) is 4.24. The quantitative estimate of drug-likeness (QED) is 0.788. The van der Waals surface area contributed by atoms with E-state index in [1.807, 2.05) is 30.3 Å². The van der Waals surface area contributed by atoms with Crippen LogP contribution in [-0.4, -0.2) is 53.5 Å². The molecule has 5 heteroatoms. The fourth-order valence-corrected chi connectivity index (χ4v) is 4.24. The van der Waals surface area contributed by atoms with Gasteiger partial charge in [-0.15, -0.1) is 0 Å². The maximum Gasteiger partial charge on any atom is 0.332 e. The summed E-state index contributed by atoms with van der Waals surface area (Å²) in [6, 6.07) is 9.42. The van der Waals surface area contributed by atoms with Crippen LogP contribution >= 0.6 is 0 Å². The van der Waals surface area contributed by atoms with E-state index in [2.05, 4.69) is 4.90 Å². The number of carbonyl (C=O) groups excluding carboxylic acids is 2. The van der Waals surface area contributed by atoms with Crippen molar-refractivity contribution < 1.29 is 9.59 Å². The van der Waals surface area contributed by atoms with Gasteiger partial charge in [0.2, 0.25) is 0 Å². The van der Waals surface area contributed by atoms with Crippen LogP contribution in [-0.2, 0) is 4.79 Å². The molecule has 1 aliphatic carbocycles. The number of amides is 3. The highest BCUT2D eigenvalue weighted by Gasteiger charge is 2.47. The van der Waals surface area contributed by atoms with Gasteiger partial charge in [0.05, 0.1) is 5.69 Å². The van der Waals surface area contributed by atoms with Crippen LogP contribution < -0.4 is 4.90 Å². The standard InChI is InChI=1S/C18H23N3O2/c22-17-16-13-19(14-7-4-5-8-14)11-6-12-20(16)18(23)21(17)15-9-2-1-3-10-15/h1-3,9-10,14,16H,4-8,11-13H2. The number of urea groups is 1. The Labute approximate surface area is 136 Å². The zero-order valence-electron chi connectivity index (χ0n) is 13.4. The van der Waals surface area contributed by atoms with Gasteiger partial charge in [-0.2, -0.15) is 0 Å². The second kappa shape index (κ2) is 5.96. The Bertz CT molecular complexity index is 598. The lowest BCUT2D eigenvalue weighted by atomic mass is 10.1. The number of nitrogens with zero attached hydrogens (tertiary/aromatic N) is 3. The fraction of sp³-hybridized carbons (Fsp3) is 0.556. The van der Waals surface area contributed by atoms with Crippen LogP contribution in [0.4, 0.5) is 10.5 Å². The zero-order chi connectivity index (χ0) is 15.8. The van der Waals surface area contributed by atoms with Crippen LogP contribution in [0.1, 0.15) is 32.1 Å². The average molecular weight is 313 g/mol. The van der Waals surface area contributed by atoms with E-state index in [1.54, 1.807) is 4.90 Å². The van der Waals surface area contributed by atoms with E-state index in [1.165, 1.54) is 30.6 Å². The first-order chi connectivity index (χ1) is 11.3. The van der Waals surface area contributed by atoms with Crippen molar-refractivity contribution in [2.45, 2.75) is 44.2 Å². The minimum Gasteiger partial charge on any atom is -0.311 e. The molecule has 23 heavy (non-hydrogen) atoms. The SMILES string of the molecule is O=C1C2CN(C3CCCC3)CCCN2C(=O)N1c1ccccc1. The third-order valence-electron chi connectivity index (χ3n) is 5.43. The Morgan fingerprint density at radius 3 is 2.39 bits per heavy atom. The van der Waals surface area contributed by atoms with E-state index in [0.717, 1.165) is 13.0 Å². The van der Waals surface area contributed by atoms with Crippen LogP contribution in [0.5, 0.6) is 0 Å². The molecule has 1 aromatic rings. The Hall–Kier alpha value is -1.88. The number of imide groups is 1. The van der Waals surface area contributed by atoms with Gasteiger partial charge in [0.25, 0.3) is 5.91 Å². The summed E-state index contributed by atoms with van der Waals surface area (Å²) in [5.41, 5.74) is 0.683. The minimum absolute atomic E-state index is 0.0638. The van der Waals surface area contributed by atoms with E-state index in [0.29, 0.717) is 24.8 Å². The first-order valence-corrected chi connectivity index (χ1v) is 8.69. The zero-order valence-corrected chi connectivity index (χ0v) is 13.4. The molecular formula is C18H23N3O2. The highest BCUT2D eigenvalue weighted by atomic mass is 16.2. The number of anilines is 1. The first-order valence-electron chi connectivity index (χ1n) is 8.69. The highest BCUT2D eigenvalue weighted by Crippen LogP contribution is 2.30. The summed E-state index contributed by atoms with van der Waals surface area (Å²) in [6.07, 6.45) is 6.00. The molecule has 1 aromatic carbocycles. The average Bonchev–Trinajstić information content (AvgIpc) is 3.10. The smallest absolute Gasteiger partial charge is 0.311 e. The van der Waals surface area contributed by atoms with Crippen molar-refractivity contribution in [3.8, 4) is 0 Å². The van der Waals surface area contributed by atoms with Crippen LogP contribution in [0.2, 0.25) is 0 Å². The van der Waals surface area contributed by atoms with Gasteiger partial charge in [-0.05, 0) is 31.4 Å². The van der Waals surface area contributed by atoms with E-state index in [4.69, 9.17) is 0 Å². The number of rotatable bonds is 2. The Kier molecular flexibility index (Phi) is 3.81. The predicted molar refractivity (Wildman–Crippen MR) is 88.3 cm³/mol. The van der Waals surface area contributed by atoms with Gasteiger partial charge in [0, 0.05) is 25.7 Å². The van der Waals surface area contributed by atoms with Crippen LogP contribution in [0.25, 0.3) is 0 Å². The molecule has 0 bridgehead atoms. The first kappa shape index (κ1) is 14.7. The molecule has 1 atom stereocenters. The molecule has 3 amide bonds. The molecule has 1 unspecified atom stereocenters. The second-order valence-electron chi connectivity index (χ2n) is 6.79. The molecule has 4 rings (SSSR count). The Balaban J connectivity index is 1.58. The lowest BCUT2D eigenvalue weighted by Crippen LogP contribution is -2.44. The van der Waals surface area contributed by atoms with E-state index >= 15 is 0 Å². The van der Waals surface area contributed by atoms with Crippen molar-refractivity contribution in [1.82, 2.24) is 9.80 Å². The van der Waals surface area contributed by atoms with Crippen molar-refractivity contribution >= 4 is 17.6 Å². The summed E-state index contributed by atoms with van der Waals surface area (Å²) < 4.78 is 0. The van der Waals surface area contributed by atoms with Crippen molar-refractivity contribution in [2.24, 2.45) is 0 Å². The molecule has 3 aliphatic rings. The van der Waals surface area contributed by atoms with Crippen molar-refractivity contribution in [3.63, 3.8) is 0 Å². The Morgan fingerprint density at radius 2 is 1.65 bits per heavy atom. The van der Waals surface area contributed by atoms with E-state index < -0.39 is 0 Å². The lowest BCUT2D eigenvalue weighted by Gasteiger charge is -2.29. The second-order valence-corrected chi connectivity index (χ2v) is 6.79.